The molecule has 3 unspecified atom stereocenters. The summed E-state index contributed by atoms with van der Waals surface area (Å²) >= 11 is 0. The number of carbonyl (C=O) groups excluding carboxylic acids is 1. The SMILES string of the molecule is CCC(C)C(NC(=O)C(C)CC1CCCC1)C(=O)O. The highest BCUT2D eigenvalue weighted by Crippen LogP contribution is 2.30. The van der Waals surface area contributed by atoms with Crippen molar-refractivity contribution >= 4 is 11.9 Å². The summed E-state index contributed by atoms with van der Waals surface area (Å²) < 4.78 is 0. The zero-order valence-corrected chi connectivity index (χ0v) is 12.3. The van der Waals surface area contributed by atoms with Gasteiger partial charge in [-0.3, -0.25) is 4.79 Å². The Balaban J connectivity index is 2.48. The third-order valence-corrected chi connectivity index (χ3v) is 4.39. The predicted octanol–water partition coefficient (Wildman–Crippen LogP) is 2.82. The van der Waals surface area contributed by atoms with Crippen molar-refractivity contribution in [2.24, 2.45) is 17.8 Å². The number of carboxylic acids is 1. The van der Waals surface area contributed by atoms with Gasteiger partial charge in [-0.1, -0.05) is 52.9 Å². The molecule has 3 atom stereocenters. The number of hydrogen-bond donors (Lipinski definition) is 2. The molecular formula is C15H27NO3. The van der Waals surface area contributed by atoms with Gasteiger partial charge >= 0.3 is 5.97 Å². The van der Waals surface area contributed by atoms with Gasteiger partial charge in [0, 0.05) is 5.92 Å². The summed E-state index contributed by atoms with van der Waals surface area (Å²) in [5.41, 5.74) is 0. The first kappa shape index (κ1) is 16.0. The highest BCUT2D eigenvalue weighted by atomic mass is 16.4. The Morgan fingerprint density at radius 3 is 2.32 bits per heavy atom. The molecule has 0 aliphatic heterocycles. The van der Waals surface area contributed by atoms with Crippen LogP contribution in [-0.4, -0.2) is 23.0 Å². The maximum atomic E-state index is 12.1. The van der Waals surface area contributed by atoms with Crippen molar-refractivity contribution in [2.45, 2.75) is 65.3 Å². The van der Waals surface area contributed by atoms with Gasteiger partial charge in [0.05, 0.1) is 0 Å². The van der Waals surface area contributed by atoms with Crippen LogP contribution < -0.4 is 5.32 Å². The molecule has 0 bridgehead atoms. The zero-order valence-electron chi connectivity index (χ0n) is 12.3. The lowest BCUT2D eigenvalue weighted by Crippen LogP contribution is -2.47. The van der Waals surface area contributed by atoms with E-state index in [-0.39, 0.29) is 17.7 Å². The standard InChI is InChI=1S/C15H27NO3/c1-4-10(2)13(15(18)19)16-14(17)11(3)9-12-7-5-6-8-12/h10-13H,4-9H2,1-3H3,(H,16,17)(H,18,19). The number of carbonyl (C=O) groups is 2. The van der Waals surface area contributed by atoms with Crippen LogP contribution in [0.1, 0.15) is 59.3 Å². The molecule has 0 aromatic carbocycles. The second-order valence-electron chi connectivity index (χ2n) is 6.00. The van der Waals surface area contributed by atoms with Crippen LogP contribution in [0.4, 0.5) is 0 Å². The Morgan fingerprint density at radius 2 is 1.84 bits per heavy atom. The van der Waals surface area contributed by atoms with Gasteiger partial charge in [-0.25, -0.2) is 4.79 Å². The first-order chi connectivity index (χ1) is 8.95. The van der Waals surface area contributed by atoms with Gasteiger partial charge in [0.1, 0.15) is 6.04 Å². The maximum Gasteiger partial charge on any atom is 0.326 e. The van der Waals surface area contributed by atoms with Crippen molar-refractivity contribution < 1.29 is 14.7 Å². The molecule has 0 aromatic rings. The fourth-order valence-corrected chi connectivity index (χ4v) is 2.83. The number of rotatable bonds is 7. The quantitative estimate of drug-likeness (QED) is 0.747. The zero-order chi connectivity index (χ0) is 14.4. The van der Waals surface area contributed by atoms with Crippen molar-refractivity contribution in [2.75, 3.05) is 0 Å². The summed E-state index contributed by atoms with van der Waals surface area (Å²) in [6, 6.07) is -0.761. The second kappa shape index (κ2) is 7.51. The maximum absolute atomic E-state index is 12.1. The van der Waals surface area contributed by atoms with Crippen LogP contribution in [0, 0.1) is 17.8 Å². The molecule has 2 N–H and O–H groups in total. The van der Waals surface area contributed by atoms with Crippen molar-refractivity contribution in [3.63, 3.8) is 0 Å². The number of amides is 1. The van der Waals surface area contributed by atoms with Crippen molar-refractivity contribution in [3.8, 4) is 0 Å². The molecule has 1 fully saturated rings. The molecule has 1 aliphatic carbocycles. The van der Waals surface area contributed by atoms with Gasteiger partial charge in [0.2, 0.25) is 5.91 Å². The van der Waals surface area contributed by atoms with E-state index in [0.29, 0.717) is 5.92 Å². The van der Waals surface area contributed by atoms with E-state index in [9.17, 15) is 14.7 Å². The summed E-state index contributed by atoms with van der Waals surface area (Å²) in [7, 11) is 0. The monoisotopic (exact) mass is 269 g/mol. The van der Waals surface area contributed by atoms with Gasteiger partial charge in [0.15, 0.2) is 0 Å². The number of carboxylic acid groups (broad SMARTS) is 1. The number of hydrogen-bond acceptors (Lipinski definition) is 2. The van der Waals surface area contributed by atoms with Gasteiger partial charge in [-0.2, -0.15) is 0 Å². The molecule has 1 saturated carbocycles. The molecule has 110 valence electrons. The van der Waals surface area contributed by atoms with Gasteiger partial charge < -0.3 is 10.4 Å². The highest BCUT2D eigenvalue weighted by Gasteiger charge is 2.28. The molecule has 0 heterocycles. The van der Waals surface area contributed by atoms with Crippen LogP contribution in [0.25, 0.3) is 0 Å². The van der Waals surface area contributed by atoms with E-state index in [4.69, 9.17) is 0 Å². The number of nitrogens with one attached hydrogen (secondary N) is 1. The van der Waals surface area contributed by atoms with Crippen molar-refractivity contribution in [3.05, 3.63) is 0 Å². The third kappa shape index (κ3) is 4.84. The minimum atomic E-state index is -0.934. The van der Waals surface area contributed by atoms with Crippen molar-refractivity contribution in [1.29, 1.82) is 0 Å². The van der Waals surface area contributed by atoms with E-state index >= 15 is 0 Å². The average molecular weight is 269 g/mol. The average Bonchev–Trinajstić information content (AvgIpc) is 2.86. The lowest BCUT2D eigenvalue weighted by Gasteiger charge is -2.23. The lowest BCUT2D eigenvalue weighted by molar-refractivity contribution is -0.144. The summed E-state index contributed by atoms with van der Waals surface area (Å²) in [5, 5.41) is 11.9. The Kier molecular flexibility index (Phi) is 6.32. The third-order valence-electron chi connectivity index (χ3n) is 4.39. The minimum Gasteiger partial charge on any atom is -0.480 e. The fourth-order valence-electron chi connectivity index (χ4n) is 2.83. The van der Waals surface area contributed by atoms with Crippen LogP contribution in [0.3, 0.4) is 0 Å². The topological polar surface area (TPSA) is 66.4 Å². The predicted molar refractivity (Wildman–Crippen MR) is 74.8 cm³/mol. The van der Waals surface area contributed by atoms with Crippen LogP contribution in [-0.2, 0) is 9.59 Å². The van der Waals surface area contributed by atoms with E-state index in [0.717, 1.165) is 12.8 Å². The highest BCUT2D eigenvalue weighted by molar-refractivity contribution is 5.84. The molecule has 4 heteroatoms. The second-order valence-corrected chi connectivity index (χ2v) is 6.00. The van der Waals surface area contributed by atoms with E-state index in [2.05, 4.69) is 5.32 Å². The summed E-state index contributed by atoms with van der Waals surface area (Å²) in [6.45, 7) is 5.71. The smallest absolute Gasteiger partial charge is 0.326 e. The van der Waals surface area contributed by atoms with Crippen LogP contribution in [0.15, 0.2) is 0 Å². The Morgan fingerprint density at radius 1 is 1.26 bits per heavy atom. The van der Waals surface area contributed by atoms with E-state index in [1.165, 1.54) is 25.7 Å². The lowest BCUT2D eigenvalue weighted by atomic mass is 9.92. The molecule has 19 heavy (non-hydrogen) atoms. The molecule has 4 nitrogen and oxygen atoms in total. The summed E-state index contributed by atoms with van der Waals surface area (Å²) in [6.07, 6.45) is 6.59. The molecule has 0 aromatic heterocycles. The molecular weight excluding hydrogens is 242 g/mol. The minimum absolute atomic E-state index is 0.0415. The van der Waals surface area contributed by atoms with Crippen LogP contribution in [0.2, 0.25) is 0 Å². The van der Waals surface area contributed by atoms with Crippen LogP contribution in [0.5, 0.6) is 0 Å². The first-order valence-electron chi connectivity index (χ1n) is 7.48. The molecule has 0 spiro atoms. The molecule has 0 saturated heterocycles. The number of aliphatic carboxylic acids is 1. The molecule has 1 aliphatic rings. The van der Waals surface area contributed by atoms with Gasteiger partial charge in [-0.05, 0) is 18.3 Å². The molecule has 1 rings (SSSR count). The van der Waals surface area contributed by atoms with E-state index in [1.54, 1.807) is 0 Å². The van der Waals surface area contributed by atoms with Crippen LogP contribution >= 0.6 is 0 Å². The largest absolute Gasteiger partial charge is 0.480 e. The first-order valence-corrected chi connectivity index (χ1v) is 7.48. The molecule has 1 amide bonds. The van der Waals surface area contributed by atoms with Crippen molar-refractivity contribution in [1.82, 2.24) is 5.32 Å². The van der Waals surface area contributed by atoms with E-state index in [1.807, 2.05) is 20.8 Å². The normalized spacial score (nSPS) is 20.8. The molecule has 0 radical (unpaired) electrons. The van der Waals surface area contributed by atoms with Gasteiger partial charge in [-0.15, -0.1) is 0 Å². The Hall–Kier alpha value is -1.06. The fraction of sp³-hybridized carbons (Fsp3) is 0.867. The summed E-state index contributed by atoms with van der Waals surface area (Å²) in [4.78, 5) is 23.3. The Labute approximate surface area is 116 Å². The van der Waals surface area contributed by atoms with Gasteiger partial charge in [0.25, 0.3) is 0 Å². The summed E-state index contributed by atoms with van der Waals surface area (Å²) in [5.74, 6) is -0.530. The van der Waals surface area contributed by atoms with E-state index < -0.39 is 12.0 Å². The Bertz CT molecular complexity index is 311.